The molecule has 0 radical (unpaired) electrons. The highest BCUT2D eigenvalue weighted by Crippen LogP contribution is 2.35. The van der Waals surface area contributed by atoms with Crippen LogP contribution in [0.5, 0.6) is 0 Å². The quantitative estimate of drug-likeness (QED) is 0.705. The Hall–Kier alpha value is -1.10. The molecule has 1 fully saturated rings. The average Bonchev–Trinajstić information content (AvgIpc) is 2.12. The molecule has 0 aromatic rings. The Balaban J connectivity index is 2.32. The van der Waals surface area contributed by atoms with E-state index in [1.807, 2.05) is 0 Å². The summed E-state index contributed by atoms with van der Waals surface area (Å²) in [6.07, 6.45) is 2.58. The fourth-order valence-corrected chi connectivity index (χ4v) is 1.82. The number of aliphatic carboxylic acids is 1. The van der Waals surface area contributed by atoms with Crippen LogP contribution in [0.1, 0.15) is 32.6 Å². The molecule has 0 aromatic heterocycles. The molecule has 2 N–H and O–H groups in total. The van der Waals surface area contributed by atoms with E-state index in [2.05, 4.69) is 5.32 Å². The van der Waals surface area contributed by atoms with Gasteiger partial charge in [-0.05, 0) is 25.2 Å². The maximum atomic E-state index is 11.8. The molecule has 92 valence electrons. The van der Waals surface area contributed by atoms with Crippen molar-refractivity contribution >= 4 is 11.9 Å². The second-order valence-corrected chi connectivity index (χ2v) is 4.47. The van der Waals surface area contributed by atoms with E-state index >= 15 is 0 Å². The van der Waals surface area contributed by atoms with E-state index in [4.69, 9.17) is 9.84 Å². The van der Waals surface area contributed by atoms with Gasteiger partial charge in [0.1, 0.15) is 5.60 Å². The molecule has 1 aliphatic rings. The first-order valence-corrected chi connectivity index (χ1v) is 5.55. The number of carboxylic acid groups (broad SMARTS) is 1. The van der Waals surface area contributed by atoms with Crippen molar-refractivity contribution in [3.8, 4) is 0 Å². The summed E-state index contributed by atoms with van der Waals surface area (Å²) in [5.74, 6) is -1.01. The lowest BCUT2D eigenvalue weighted by Crippen LogP contribution is -2.53. The Bertz CT molecular complexity index is 268. The van der Waals surface area contributed by atoms with Crippen LogP contribution in [0, 0.1) is 5.92 Å². The van der Waals surface area contributed by atoms with Gasteiger partial charge in [0, 0.05) is 20.1 Å². The monoisotopic (exact) mass is 229 g/mol. The van der Waals surface area contributed by atoms with Crippen molar-refractivity contribution in [3.05, 3.63) is 0 Å². The van der Waals surface area contributed by atoms with Crippen molar-refractivity contribution in [3.63, 3.8) is 0 Å². The van der Waals surface area contributed by atoms with Crippen LogP contribution in [-0.4, -0.2) is 36.2 Å². The van der Waals surface area contributed by atoms with Crippen molar-refractivity contribution in [2.75, 3.05) is 13.7 Å². The van der Waals surface area contributed by atoms with Gasteiger partial charge in [0.15, 0.2) is 0 Å². The predicted molar refractivity (Wildman–Crippen MR) is 58.0 cm³/mol. The van der Waals surface area contributed by atoms with Crippen LogP contribution in [0.2, 0.25) is 0 Å². The average molecular weight is 229 g/mol. The number of amides is 1. The van der Waals surface area contributed by atoms with Crippen molar-refractivity contribution in [2.45, 2.75) is 38.2 Å². The minimum Gasteiger partial charge on any atom is -0.481 e. The highest BCUT2D eigenvalue weighted by atomic mass is 16.5. The van der Waals surface area contributed by atoms with Gasteiger partial charge >= 0.3 is 5.97 Å². The summed E-state index contributed by atoms with van der Waals surface area (Å²) in [6, 6.07) is 0. The van der Waals surface area contributed by atoms with Crippen LogP contribution in [0.15, 0.2) is 0 Å². The second-order valence-electron chi connectivity index (χ2n) is 4.47. The van der Waals surface area contributed by atoms with Gasteiger partial charge < -0.3 is 15.2 Å². The van der Waals surface area contributed by atoms with Gasteiger partial charge in [0.2, 0.25) is 0 Å². The Morgan fingerprint density at radius 2 is 2.12 bits per heavy atom. The van der Waals surface area contributed by atoms with Crippen molar-refractivity contribution in [1.29, 1.82) is 0 Å². The summed E-state index contributed by atoms with van der Waals surface area (Å²) in [5, 5.41) is 11.3. The number of carboxylic acids is 1. The third kappa shape index (κ3) is 2.95. The molecule has 1 unspecified atom stereocenters. The summed E-state index contributed by atoms with van der Waals surface area (Å²) in [4.78, 5) is 22.2. The highest BCUT2D eigenvalue weighted by Gasteiger charge is 2.44. The number of ether oxygens (including phenoxy) is 1. The lowest BCUT2D eigenvalue weighted by Gasteiger charge is -2.38. The van der Waals surface area contributed by atoms with Crippen LogP contribution >= 0.6 is 0 Å². The summed E-state index contributed by atoms with van der Waals surface area (Å²) in [5.41, 5.74) is -0.650. The molecule has 1 saturated carbocycles. The maximum absolute atomic E-state index is 11.8. The molecule has 16 heavy (non-hydrogen) atoms. The smallest absolute Gasteiger partial charge is 0.303 e. The zero-order chi connectivity index (χ0) is 12.2. The zero-order valence-corrected chi connectivity index (χ0v) is 9.78. The summed E-state index contributed by atoms with van der Waals surface area (Å²) >= 11 is 0. The first-order valence-electron chi connectivity index (χ1n) is 5.55. The summed E-state index contributed by atoms with van der Waals surface area (Å²) < 4.78 is 5.22. The standard InChI is InChI=1S/C11H19NO4/c1-8(6-9(13)14)7-12-10(15)11(16-2)4-3-5-11/h8H,3-7H2,1-2H3,(H,12,15)(H,13,14). The number of hydrogen-bond acceptors (Lipinski definition) is 3. The highest BCUT2D eigenvalue weighted by molar-refractivity contribution is 5.86. The Labute approximate surface area is 95.2 Å². The third-order valence-electron chi connectivity index (χ3n) is 3.10. The van der Waals surface area contributed by atoms with Gasteiger partial charge in [-0.1, -0.05) is 6.92 Å². The van der Waals surface area contributed by atoms with Crippen LogP contribution in [0.4, 0.5) is 0 Å². The molecule has 0 aromatic carbocycles. The topological polar surface area (TPSA) is 75.6 Å². The normalized spacial score (nSPS) is 19.6. The predicted octanol–water partition coefficient (Wildman–Crippen LogP) is 0.782. The van der Waals surface area contributed by atoms with Crippen LogP contribution in [-0.2, 0) is 14.3 Å². The van der Waals surface area contributed by atoms with E-state index in [0.717, 1.165) is 19.3 Å². The van der Waals surface area contributed by atoms with Gasteiger partial charge in [0.25, 0.3) is 5.91 Å². The molecule has 1 atom stereocenters. The molecule has 1 rings (SSSR count). The molecule has 0 heterocycles. The minimum absolute atomic E-state index is 0.0598. The lowest BCUT2D eigenvalue weighted by molar-refractivity contribution is -0.154. The van der Waals surface area contributed by atoms with Crippen molar-refractivity contribution in [2.24, 2.45) is 5.92 Å². The minimum atomic E-state index is -0.841. The largest absolute Gasteiger partial charge is 0.481 e. The Morgan fingerprint density at radius 3 is 2.50 bits per heavy atom. The van der Waals surface area contributed by atoms with Crippen LogP contribution < -0.4 is 5.32 Å². The van der Waals surface area contributed by atoms with E-state index in [-0.39, 0.29) is 18.2 Å². The summed E-state index contributed by atoms with van der Waals surface area (Å²) in [7, 11) is 1.54. The summed E-state index contributed by atoms with van der Waals surface area (Å²) in [6.45, 7) is 2.19. The van der Waals surface area contributed by atoms with Gasteiger partial charge in [0.05, 0.1) is 0 Å². The molecule has 0 aliphatic heterocycles. The number of hydrogen-bond donors (Lipinski definition) is 2. The van der Waals surface area contributed by atoms with Gasteiger partial charge in [-0.25, -0.2) is 0 Å². The number of nitrogens with one attached hydrogen (secondary N) is 1. The van der Waals surface area contributed by atoms with Crippen LogP contribution in [0.3, 0.4) is 0 Å². The van der Waals surface area contributed by atoms with Crippen LogP contribution in [0.25, 0.3) is 0 Å². The van der Waals surface area contributed by atoms with E-state index in [0.29, 0.717) is 6.54 Å². The Morgan fingerprint density at radius 1 is 1.50 bits per heavy atom. The molecule has 0 saturated heterocycles. The molecular weight excluding hydrogens is 210 g/mol. The first kappa shape index (κ1) is 13.0. The number of carbonyl (C=O) groups excluding carboxylic acids is 1. The molecule has 5 heteroatoms. The van der Waals surface area contributed by atoms with Gasteiger partial charge in [-0.2, -0.15) is 0 Å². The number of methoxy groups -OCH3 is 1. The maximum Gasteiger partial charge on any atom is 0.303 e. The number of rotatable bonds is 6. The molecule has 0 bridgehead atoms. The molecule has 1 aliphatic carbocycles. The van der Waals surface area contributed by atoms with E-state index < -0.39 is 11.6 Å². The van der Waals surface area contributed by atoms with E-state index in [9.17, 15) is 9.59 Å². The fraction of sp³-hybridized carbons (Fsp3) is 0.818. The molecular formula is C11H19NO4. The van der Waals surface area contributed by atoms with E-state index in [1.165, 1.54) is 0 Å². The fourth-order valence-electron chi connectivity index (χ4n) is 1.82. The van der Waals surface area contributed by atoms with Gasteiger partial charge in [-0.15, -0.1) is 0 Å². The van der Waals surface area contributed by atoms with Crippen molar-refractivity contribution < 1.29 is 19.4 Å². The number of carbonyl (C=O) groups is 2. The SMILES string of the molecule is COC1(C(=O)NCC(C)CC(=O)O)CCC1. The third-order valence-corrected chi connectivity index (χ3v) is 3.10. The van der Waals surface area contributed by atoms with E-state index in [1.54, 1.807) is 14.0 Å². The second kappa shape index (κ2) is 5.30. The Kier molecular flexibility index (Phi) is 4.29. The molecule has 0 spiro atoms. The molecule has 5 nitrogen and oxygen atoms in total. The van der Waals surface area contributed by atoms with Gasteiger partial charge in [-0.3, -0.25) is 9.59 Å². The zero-order valence-electron chi connectivity index (χ0n) is 9.78. The van der Waals surface area contributed by atoms with Crippen molar-refractivity contribution in [1.82, 2.24) is 5.32 Å². The lowest BCUT2D eigenvalue weighted by atomic mass is 9.79. The first-order chi connectivity index (χ1) is 7.50. The molecule has 1 amide bonds.